The van der Waals surface area contributed by atoms with Gasteiger partial charge >= 0.3 is 0 Å². The van der Waals surface area contributed by atoms with Crippen molar-refractivity contribution in [1.82, 2.24) is 0 Å². The number of anilines is 2. The molecule has 0 saturated heterocycles. The van der Waals surface area contributed by atoms with Crippen LogP contribution < -0.4 is 10.6 Å². The van der Waals surface area contributed by atoms with Crippen LogP contribution >= 0.6 is 0 Å². The van der Waals surface area contributed by atoms with Crippen LogP contribution in [-0.2, 0) is 0 Å². The molecule has 0 spiro atoms. The zero-order valence-electron chi connectivity index (χ0n) is 10.5. The lowest BCUT2D eigenvalue weighted by atomic mass is 10.1. The predicted molar refractivity (Wildman–Crippen MR) is 70.8 cm³/mol. The van der Waals surface area contributed by atoms with Crippen molar-refractivity contribution in [1.29, 1.82) is 0 Å². The van der Waals surface area contributed by atoms with Crippen molar-refractivity contribution < 1.29 is 0 Å². The van der Waals surface area contributed by atoms with E-state index in [-0.39, 0.29) is 0 Å². The summed E-state index contributed by atoms with van der Waals surface area (Å²) in [4.78, 5) is 2.47. The van der Waals surface area contributed by atoms with Crippen LogP contribution in [0.2, 0.25) is 0 Å². The quantitative estimate of drug-likeness (QED) is 0.786. The minimum absolute atomic E-state index is 0.543. The number of benzene rings is 1. The number of nitrogens with zero attached hydrogens (tertiary/aromatic N) is 1. The second-order valence-corrected chi connectivity index (χ2v) is 5.29. The summed E-state index contributed by atoms with van der Waals surface area (Å²) in [5, 5.41) is 0. The van der Waals surface area contributed by atoms with Gasteiger partial charge in [0.05, 0.1) is 0 Å². The molecule has 1 aromatic rings. The fraction of sp³-hybridized carbons (Fsp3) is 0.571. The van der Waals surface area contributed by atoms with Crippen LogP contribution in [0.1, 0.15) is 32.3 Å². The van der Waals surface area contributed by atoms with Gasteiger partial charge in [0.2, 0.25) is 0 Å². The lowest BCUT2D eigenvalue weighted by Gasteiger charge is -2.29. The Balaban J connectivity index is 2.22. The maximum Gasteiger partial charge on any atom is 0.0391 e. The Morgan fingerprint density at radius 1 is 1.31 bits per heavy atom. The molecule has 2 heteroatoms. The normalized spacial score (nSPS) is 15.5. The molecule has 1 aromatic carbocycles. The van der Waals surface area contributed by atoms with Crippen molar-refractivity contribution in [2.75, 3.05) is 17.2 Å². The molecule has 1 saturated carbocycles. The van der Waals surface area contributed by atoms with E-state index in [9.17, 15) is 0 Å². The number of hydrogen-bond donors (Lipinski definition) is 1. The van der Waals surface area contributed by atoms with Gasteiger partial charge in [0, 0.05) is 24.0 Å². The zero-order valence-corrected chi connectivity index (χ0v) is 10.5. The summed E-state index contributed by atoms with van der Waals surface area (Å²) in [7, 11) is 0. The van der Waals surface area contributed by atoms with E-state index in [1.54, 1.807) is 0 Å². The molecule has 0 unspecified atom stereocenters. The monoisotopic (exact) mass is 218 g/mol. The summed E-state index contributed by atoms with van der Waals surface area (Å²) in [6.07, 6.45) is 2.79. The Morgan fingerprint density at radius 3 is 2.50 bits per heavy atom. The molecule has 0 amide bonds. The van der Waals surface area contributed by atoms with E-state index >= 15 is 0 Å². The predicted octanol–water partition coefficient (Wildman–Crippen LogP) is 3.20. The van der Waals surface area contributed by atoms with Crippen LogP contribution in [0, 0.1) is 12.8 Å². The molecule has 0 heterocycles. The Hall–Kier alpha value is -1.18. The van der Waals surface area contributed by atoms with E-state index in [0.29, 0.717) is 6.04 Å². The summed E-state index contributed by atoms with van der Waals surface area (Å²) in [5.41, 5.74) is 9.31. The van der Waals surface area contributed by atoms with Crippen LogP contribution in [0.3, 0.4) is 0 Å². The third kappa shape index (κ3) is 2.69. The first-order valence-electron chi connectivity index (χ1n) is 6.20. The first-order chi connectivity index (χ1) is 7.56. The number of rotatable bonds is 4. The maximum absolute atomic E-state index is 5.92. The third-order valence-corrected chi connectivity index (χ3v) is 3.19. The topological polar surface area (TPSA) is 29.3 Å². The molecular weight excluding hydrogens is 196 g/mol. The highest BCUT2D eigenvalue weighted by Gasteiger charge is 2.25. The SMILES string of the molecule is Cc1cc(N)cc(N(CC2CC2)C(C)C)c1. The Bertz CT molecular complexity index is 347. The fourth-order valence-corrected chi connectivity index (χ4v) is 2.15. The summed E-state index contributed by atoms with van der Waals surface area (Å²) >= 11 is 0. The van der Waals surface area contributed by atoms with E-state index in [0.717, 1.165) is 11.6 Å². The van der Waals surface area contributed by atoms with E-state index in [1.807, 2.05) is 6.07 Å². The molecule has 0 aromatic heterocycles. The number of nitrogens with two attached hydrogens (primary N) is 1. The summed E-state index contributed by atoms with van der Waals surface area (Å²) < 4.78 is 0. The van der Waals surface area contributed by atoms with Gasteiger partial charge in [-0.15, -0.1) is 0 Å². The van der Waals surface area contributed by atoms with Crippen molar-refractivity contribution in [2.24, 2.45) is 5.92 Å². The Morgan fingerprint density at radius 2 is 2.00 bits per heavy atom. The largest absolute Gasteiger partial charge is 0.399 e. The Kier molecular flexibility index (Phi) is 3.08. The number of hydrogen-bond acceptors (Lipinski definition) is 2. The van der Waals surface area contributed by atoms with E-state index in [4.69, 9.17) is 5.73 Å². The number of aryl methyl sites for hydroxylation is 1. The molecule has 0 bridgehead atoms. The minimum Gasteiger partial charge on any atom is -0.399 e. The van der Waals surface area contributed by atoms with Gasteiger partial charge in [-0.25, -0.2) is 0 Å². The van der Waals surface area contributed by atoms with Gasteiger partial charge < -0.3 is 10.6 Å². The van der Waals surface area contributed by atoms with Gasteiger partial charge in [-0.2, -0.15) is 0 Å². The maximum atomic E-state index is 5.92. The highest BCUT2D eigenvalue weighted by Crippen LogP contribution is 2.33. The molecule has 2 nitrogen and oxygen atoms in total. The van der Waals surface area contributed by atoms with Crippen molar-refractivity contribution in [2.45, 2.75) is 39.7 Å². The van der Waals surface area contributed by atoms with Crippen molar-refractivity contribution in [3.05, 3.63) is 23.8 Å². The van der Waals surface area contributed by atoms with E-state index < -0.39 is 0 Å². The van der Waals surface area contributed by atoms with E-state index in [1.165, 1.54) is 30.6 Å². The summed E-state index contributed by atoms with van der Waals surface area (Å²) in [5.74, 6) is 0.907. The molecule has 16 heavy (non-hydrogen) atoms. The van der Waals surface area contributed by atoms with Gasteiger partial charge in [0.25, 0.3) is 0 Å². The van der Waals surface area contributed by atoms with E-state index in [2.05, 4.69) is 37.8 Å². The number of nitrogen functional groups attached to an aromatic ring is 1. The third-order valence-electron chi connectivity index (χ3n) is 3.19. The first-order valence-corrected chi connectivity index (χ1v) is 6.20. The molecule has 0 atom stereocenters. The molecule has 2 N–H and O–H groups in total. The average molecular weight is 218 g/mol. The molecule has 1 aliphatic carbocycles. The van der Waals surface area contributed by atoms with Crippen molar-refractivity contribution >= 4 is 11.4 Å². The van der Waals surface area contributed by atoms with Crippen molar-refractivity contribution in [3.8, 4) is 0 Å². The summed E-state index contributed by atoms with van der Waals surface area (Å²) in [6, 6.07) is 6.90. The van der Waals surface area contributed by atoms with Gasteiger partial charge in [-0.3, -0.25) is 0 Å². The van der Waals surface area contributed by atoms with Crippen LogP contribution in [0.4, 0.5) is 11.4 Å². The van der Waals surface area contributed by atoms with Crippen LogP contribution in [0.5, 0.6) is 0 Å². The second-order valence-electron chi connectivity index (χ2n) is 5.29. The first kappa shape index (κ1) is 11.3. The van der Waals surface area contributed by atoms with Gasteiger partial charge in [-0.05, 0) is 63.3 Å². The fourth-order valence-electron chi connectivity index (χ4n) is 2.15. The van der Waals surface area contributed by atoms with Gasteiger partial charge in [0.1, 0.15) is 0 Å². The molecule has 0 aliphatic heterocycles. The second kappa shape index (κ2) is 4.36. The molecule has 1 fully saturated rings. The minimum atomic E-state index is 0.543. The van der Waals surface area contributed by atoms with Crippen LogP contribution in [0.25, 0.3) is 0 Å². The lowest BCUT2D eigenvalue weighted by molar-refractivity contribution is 0.644. The molecule has 0 radical (unpaired) electrons. The van der Waals surface area contributed by atoms with Crippen LogP contribution in [-0.4, -0.2) is 12.6 Å². The highest BCUT2D eigenvalue weighted by atomic mass is 15.2. The average Bonchev–Trinajstić information content (AvgIpc) is 2.95. The van der Waals surface area contributed by atoms with Crippen molar-refractivity contribution in [3.63, 3.8) is 0 Å². The zero-order chi connectivity index (χ0) is 11.7. The smallest absolute Gasteiger partial charge is 0.0391 e. The standard InChI is InChI=1S/C14H22N2/c1-10(2)16(9-12-4-5-12)14-7-11(3)6-13(15)8-14/h6-8,10,12H,4-5,9,15H2,1-3H3. The molecule has 88 valence electrons. The molecule has 1 aliphatic rings. The lowest BCUT2D eigenvalue weighted by Crippen LogP contribution is -2.32. The van der Waals surface area contributed by atoms with Gasteiger partial charge in [-0.1, -0.05) is 0 Å². The summed E-state index contributed by atoms with van der Waals surface area (Å²) in [6.45, 7) is 7.79. The van der Waals surface area contributed by atoms with Gasteiger partial charge in [0.15, 0.2) is 0 Å². The molecular formula is C14H22N2. The Labute approximate surface area is 98.4 Å². The van der Waals surface area contributed by atoms with Crippen LogP contribution in [0.15, 0.2) is 18.2 Å². The molecule has 2 rings (SSSR count). The highest BCUT2D eigenvalue weighted by molar-refractivity contribution is 5.58.